The maximum Gasteiger partial charge on any atom is 0.256 e. The topological polar surface area (TPSA) is 32.3 Å². The Hall–Kier alpha value is -1.55. The van der Waals surface area contributed by atoms with Crippen LogP contribution in [0.25, 0.3) is 0 Å². The van der Waals surface area contributed by atoms with Gasteiger partial charge >= 0.3 is 0 Å². The Morgan fingerprint density at radius 1 is 1.33 bits per heavy atom. The summed E-state index contributed by atoms with van der Waals surface area (Å²) in [7, 11) is 3.82. The summed E-state index contributed by atoms with van der Waals surface area (Å²) in [6.45, 7) is 6.18. The first kappa shape index (κ1) is 17.5. The number of nitrogens with zero attached hydrogens (tertiary/aromatic N) is 1. The molecule has 1 aromatic carbocycles. The summed E-state index contributed by atoms with van der Waals surface area (Å²) in [6, 6.07) is 5.60. The van der Waals surface area contributed by atoms with Gasteiger partial charge in [-0.15, -0.1) is 0 Å². The maximum absolute atomic E-state index is 12.3. The van der Waals surface area contributed by atoms with Gasteiger partial charge in [0.25, 0.3) is 5.91 Å². The van der Waals surface area contributed by atoms with E-state index in [1.54, 1.807) is 0 Å². The average molecular weight is 351 g/mol. The molecule has 1 N–H and O–H groups in total. The van der Waals surface area contributed by atoms with Crippen molar-refractivity contribution in [1.82, 2.24) is 10.2 Å². The minimum Gasteiger partial charge on any atom is -0.364 e. The van der Waals surface area contributed by atoms with Crippen LogP contribution in [0.15, 0.2) is 46.2 Å². The van der Waals surface area contributed by atoms with Gasteiger partial charge in [0.05, 0.1) is 0 Å². The van der Waals surface area contributed by atoms with Crippen molar-refractivity contribution in [3.63, 3.8) is 0 Å². The van der Waals surface area contributed by atoms with Crippen LogP contribution in [-0.2, 0) is 0 Å². The van der Waals surface area contributed by atoms with Crippen LogP contribution >= 0.6 is 15.9 Å². The molecule has 0 spiro atoms. The molecule has 114 valence electrons. The third-order valence-corrected chi connectivity index (χ3v) is 4.10. The van der Waals surface area contributed by atoms with Gasteiger partial charge in [-0.05, 0) is 44.0 Å². The number of hydrogen-bond acceptors (Lipinski definition) is 2. The molecule has 1 rings (SSSR count). The van der Waals surface area contributed by atoms with Crippen LogP contribution in [0.4, 0.5) is 0 Å². The number of benzene rings is 1. The van der Waals surface area contributed by atoms with Gasteiger partial charge in [-0.1, -0.05) is 40.6 Å². The Morgan fingerprint density at radius 2 is 2.00 bits per heavy atom. The number of carbonyl (C=O) groups excluding carboxylic acids is 1. The SMILES string of the molecule is CCC(C)=C/C=C(/NC(=O)c1ccc(C)c(Br)c1)N(C)C. The van der Waals surface area contributed by atoms with Gasteiger partial charge in [-0.25, -0.2) is 0 Å². The summed E-state index contributed by atoms with van der Waals surface area (Å²) in [5.41, 5.74) is 3.01. The van der Waals surface area contributed by atoms with E-state index in [-0.39, 0.29) is 5.91 Å². The number of amides is 1. The second-order valence-corrected chi connectivity index (χ2v) is 6.09. The van der Waals surface area contributed by atoms with Crippen LogP contribution in [0.3, 0.4) is 0 Å². The minimum absolute atomic E-state index is 0.113. The Labute approximate surface area is 135 Å². The second-order valence-electron chi connectivity index (χ2n) is 5.23. The number of aryl methyl sites for hydroxylation is 1. The standard InChI is InChI=1S/C17H23BrN2O/c1-6-12(2)7-10-16(20(4)5)19-17(21)14-9-8-13(3)15(18)11-14/h7-11H,6H2,1-5H3,(H,19,21)/b12-7?,16-10-. The van der Waals surface area contributed by atoms with Crippen LogP contribution in [0, 0.1) is 6.92 Å². The number of halogens is 1. The molecule has 0 saturated carbocycles. The normalized spacial score (nSPS) is 12.3. The molecule has 3 nitrogen and oxygen atoms in total. The number of nitrogens with one attached hydrogen (secondary N) is 1. The molecule has 0 unspecified atom stereocenters. The molecule has 0 atom stereocenters. The lowest BCUT2D eigenvalue weighted by atomic mass is 10.1. The molecule has 1 aromatic rings. The van der Waals surface area contributed by atoms with E-state index in [0.717, 1.165) is 22.3 Å². The van der Waals surface area contributed by atoms with E-state index >= 15 is 0 Å². The summed E-state index contributed by atoms with van der Waals surface area (Å²) in [4.78, 5) is 14.2. The number of hydrogen-bond donors (Lipinski definition) is 1. The predicted octanol–water partition coefficient (Wildman–Crippen LogP) is 4.25. The Bertz CT molecular complexity index is 574. The smallest absolute Gasteiger partial charge is 0.256 e. The molecule has 0 saturated heterocycles. The van der Waals surface area contributed by atoms with Gasteiger partial charge in [0.2, 0.25) is 0 Å². The summed E-state index contributed by atoms with van der Waals surface area (Å²) in [5, 5.41) is 2.94. The number of rotatable bonds is 5. The third kappa shape index (κ3) is 5.38. The van der Waals surface area contributed by atoms with Gasteiger partial charge in [-0.2, -0.15) is 0 Å². The van der Waals surface area contributed by atoms with Crippen molar-refractivity contribution >= 4 is 21.8 Å². The van der Waals surface area contributed by atoms with Gasteiger partial charge < -0.3 is 10.2 Å². The maximum atomic E-state index is 12.3. The lowest BCUT2D eigenvalue weighted by Gasteiger charge is -2.18. The molecule has 0 fully saturated rings. The van der Waals surface area contributed by atoms with Crippen molar-refractivity contribution in [3.05, 3.63) is 57.3 Å². The first-order chi connectivity index (χ1) is 9.85. The number of carbonyl (C=O) groups is 1. The van der Waals surface area contributed by atoms with E-state index in [2.05, 4.69) is 35.1 Å². The van der Waals surface area contributed by atoms with Crippen molar-refractivity contribution in [2.45, 2.75) is 27.2 Å². The van der Waals surface area contributed by atoms with E-state index in [1.807, 2.05) is 56.3 Å². The highest BCUT2D eigenvalue weighted by molar-refractivity contribution is 9.10. The molecule has 21 heavy (non-hydrogen) atoms. The molecule has 0 bridgehead atoms. The van der Waals surface area contributed by atoms with Crippen molar-refractivity contribution < 1.29 is 4.79 Å². The summed E-state index contributed by atoms with van der Waals surface area (Å²) >= 11 is 3.45. The highest BCUT2D eigenvalue weighted by Crippen LogP contribution is 2.17. The van der Waals surface area contributed by atoms with Crippen molar-refractivity contribution in [1.29, 1.82) is 0 Å². The molecule has 0 aliphatic carbocycles. The molecule has 0 aliphatic heterocycles. The average Bonchev–Trinajstić information content (AvgIpc) is 2.45. The van der Waals surface area contributed by atoms with Gasteiger partial charge in [0, 0.05) is 24.1 Å². The first-order valence-corrected chi connectivity index (χ1v) is 7.76. The molecular weight excluding hydrogens is 328 g/mol. The quantitative estimate of drug-likeness (QED) is 0.805. The van der Waals surface area contributed by atoms with Crippen LogP contribution in [0.1, 0.15) is 36.2 Å². The number of allylic oxidation sites excluding steroid dienone is 3. The first-order valence-electron chi connectivity index (χ1n) is 6.97. The van der Waals surface area contributed by atoms with E-state index in [4.69, 9.17) is 0 Å². The van der Waals surface area contributed by atoms with Gasteiger partial charge in [0.1, 0.15) is 5.82 Å². The molecule has 0 aromatic heterocycles. The molecule has 4 heteroatoms. The van der Waals surface area contributed by atoms with Crippen molar-refractivity contribution in [2.75, 3.05) is 14.1 Å². The molecule has 0 radical (unpaired) electrons. The zero-order valence-corrected chi connectivity index (χ0v) is 14.9. The van der Waals surface area contributed by atoms with Gasteiger partial charge in [-0.3, -0.25) is 4.79 Å². The fraction of sp³-hybridized carbons (Fsp3) is 0.353. The van der Waals surface area contributed by atoms with Crippen LogP contribution in [0.2, 0.25) is 0 Å². The van der Waals surface area contributed by atoms with E-state index in [9.17, 15) is 4.79 Å². The Balaban J connectivity index is 2.93. The van der Waals surface area contributed by atoms with E-state index < -0.39 is 0 Å². The van der Waals surface area contributed by atoms with Crippen molar-refractivity contribution in [2.24, 2.45) is 0 Å². The predicted molar refractivity (Wildman–Crippen MR) is 92.2 cm³/mol. The largest absolute Gasteiger partial charge is 0.364 e. The highest BCUT2D eigenvalue weighted by Gasteiger charge is 2.10. The summed E-state index contributed by atoms with van der Waals surface area (Å²) in [6.07, 6.45) is 4.96. The van der Waals surface area contributed by atoms with Gasteiger partial charge in [0.15, 0.2) is 0 Å². The van der Waals surface area contributed by atoms with E-state index in [0.29, 0.717) is 5.56 Å². The zero-order chi connectivity index (χ0) is 16.0. The monoisotopic (exact) mass is 350 g/mol. The second kappa shape index (κ2) is 8.03. The lowest BCUT2D eigenvalue weighted by molar-refractivity contribution is 0.0956. The summed E-state index contributed by atoms with van der Waals surface area (Å²) < 4.78 is 0.937. The fourth-order valence-electron chi connectivity index (χ4n) is 1.56. The molecular formula is C17H23BrN2O. The Kier molecular flexibility index (Phi) is 6.69. The highest BCUT2D eigenvalue weighted by atomic mass is 79.9. The molecule has 1 amide bonds. The third-order valence-electron chi connectivity index (χ3n) is 3.24. The van der Waals surface area contributed by atoms with Crippen LogP contribution in [0.5, 0.6) is 0 Å². The molecule has 0 aliphatic rings. The lowest BCUT2D eigenvalue weighted by Crippen LogP contribution is -2.30. The Morgan fingerprint density at radius 3 is 2.52 bits per heavy atom. The molecule has 0 heterocycles. The summed E-state index contributed by atoms with van der Waals surface area (Å²) in [5.74, 6) is 0.655. The van der Waals surface area contributed by atoms with Crippen molar-refractivity contribution in [3.8, 4) is 0 Å². The van der Waals surface area contributed by atoms with E-state index in [1.165, 1.54) is 5.57 Å². The van der Waals surface area contributed by atoms with Crippen LogP contribution in [-0.4, -0.2) is 24.9 Å². The fourth-order valence-corrected chi connectivity index (χ4v) is 1.94. The zero-order valence-electron chi connectivity index (χ0n) is 13.3. The van der Waals surface area contributed by atoms with Crippen LogP contribution < -0.4 is 5.32 Å². The minimum atomic E-state index is -0.113.